The highest BCUT2D eigenvalue weighted by Crippen LogP contribution is 2.57. The number of carbonyl (C=O) groups is 1. The lowest BCUT2D eigenvalue weighted by atomic mass is 9.53. The maximum Gasteiger partial charge on any atom is 0.303 e. The highest BCUT2D eigenvalue weighted by molar-refractivity contribution is 5.67. The van der Waals surface area contributed by atoms with E-state index in [0.717, 1.165) is 12.8 Å². The molecule has 0 aromatic heterocycles. The summed E-state index contributed by atoms with van der Waals surface area (Å²) in [5.41, 5.74) is 7.75. The molecular formula is C32H51NO2. The molecule has 3 nitrogen and oxygen atoms in total. The molecule has 0 amide bonds. The average Bonchev–Trinajstić information content (AvgIpc) is 3.36. The summed E-state index contributed by atoms with van der Waals surface area (Å²) in [6, 6.07) is 11.1. The molecule has 2 saturated carbocycles. The van der Waals surface area contributed by atoms with Crippen LogP contribution in [0.25, 0.3) is 0 Å². The van der Waals surface area contributed by atoms with E-state index in [0.29, 0.717) is 30.7 Å². The van der Waals surface area contributed by atoms with Crippen LogP contribution < -0.4 is 5.73 Å². The first-order chi connectivity index (χ1) is 17.1. The Balaban J connectivity index is 1.69. The van der Waals surface area contributed by atoms with Gasteiger partial charge < -0.3 is 10.8 Å². The molecule has 2 fully saturated rings. The second kappa shape index (κ2) is 14.8. The van der Waals surface area contributed by atoms with Crippen LogP contribution in [0.3, 0.4) is 0 Å². The Bertz CT molecular complexity index is 752. The van der Waals surface area contributed by atoms with Gasteiger partial charge in [0.05, 0.1) is 0 Å². The SMILES string of the molecule is CCCCCC/C=C\CCC[C@@H]1CC[C@H](C2(c3ccccc3)CCCC2)[C@H](CC(=O)O)[C@H]1CCN. The summed E-state index contributed by atoms with van der Waals surface area (Å²) < 4.78 is 0. The minimum atomic E-state index is -0.630. The number of nitrogens with two attached hydrogens (primary N) is 1. The number of carboxylic acids is 1. The molecule has 2 aliphatic carbocycles. The van der Waals surface area contributed by atoms with Gasteiger partial charge in [0.15, 0.2) is 0 Å². The minimum absolute atomic E-state index is 0.152. The van der Waals surface area contributed by atoms with Crippen molar-refractivity contribution >= 4 is 5.97 Å². The van der Waals surface area contributed by atoms with Gasteiger partial charge in [0.2, 0.25) is 0 Å². The summed E-state index contributed by atoms with van der Waals surface area (Å²) in [5.74, 6) is 1.12. The van der Waals surface area contributed by atoms with Gasteiger partial charge in [0.1, 0.15) is 0 Å². The van der Waals surface area contributed by atoms with Gasteiger partial charge in [-0.15, -0.1) is 0 Å². The molecule has 3 rings (SSSR count). The van der Waals surface area contributed by atoms with E-state index < -0.39 is 5.97 Å². The van der Waals surface area contributed by atoms with Crippen LogP contribution in [0.4, 0.5) is 0 Å². The Morgan fingerprint density at radius 2 is 1.69 bits per heavy atom. The van der Waals surface area contributed by atoms with Gasteiger partial charge in [-0.05, 0) is 105 Å². The summed E-state index contributed by atoms with van der Waals surface area (Å²) in [7, 11) is 0. The van der Waals surface area contributed by atoms with Crippen molar-refractivity contribution < 1.29 is 9.90 Å². The normalized spacial score (nSPS) is 26.3. The molecule has 3 heteroatoms. The number of allylic oxidation sites excluding steroid dienone is 2. The predicted molar refractivity (Wildman–Crippen MR) is 147 cm³/mol. The van der Waals surface area contributed by atoms with Crippen molar-refractivity contribution in [2.24, 2.45) is 29.4 Å². The summed E-state index contributed by atoms with van der Waals surface area (Å²) in [5, 5.41) is 9.96. The lowest BCUT2D eigenvalue weighted by molar-refractivity contribution is -0.140. The van der Waals surface area contributed by atoms with Gasteiger partial charge in [-0.1, -0.05) is 81.5 Å². The second-order valence-corrected chi connectivity index (χ2v) is 11.4. The van der Waals surface area contributed by atoms with E-state index >= 15 is 0 Å². The first-order valence-corrected chi connectivity index (χ1v) is 14.7. The van der Waals surface area contributed by atoms with Crippen molar-refractivity contribution in [3.63, 3.8) is 0 Å². The Kier molecular flexibility index (Phi) is 11.9. The number of hydrogen-bond donors (Lipinski definition) is 2. The van der Waals surface area contributed by atoms with Crippen molar-refractivity contribution in [3.8, 4) is 0 Å². The third kappa shape index (κ3) is 7.68. The summed E-state index contributed by atoms with van der Waals surface area (Å²) in [6.07, 6.45) is 23.5. The number of rotatable bonds is 15. The topological polar surface area (TPSA) is 63.3 Å². The van der Waals surface area contributed by atoms with Gasteiger partial charge >= 0.3 is 5.97 Å². The molecule has 0 heterocycles. The molecule has 0 saturated heterocycles. The van der Waals surface area contributed by atoms with E-state index in [1.165, 1.54) is 89.0 Å². The van der Waals surface area contributed by atoms with Crippen molar-refractivity contribution in [3.05, 3.63) is 48.0 Å². The molecule has 0 spiro atoms. The quantitative estimate of drug-likeness (QED) is 0.196. The maximum atomic E-state index is 12.1. The zero-order chi connectivity index (χ0) is 24.9. The number of unbranched alkanes of at least 4 members (excludes halogenated alkanes) is 5. The highest BCUT2D eigenvalue weighted by Gasteiger charge is 2.51. The molecule has 0 radical (unpaired) electrons. The summed E-state index contributed by atoms with van der Waals surface area (Å²) in [6.45, 7) is 2.93. The van der Waals surface area contributed by atoms with Crippen LogP contribution in [-0.2, 0) is 10.2 Å². The Morgan fingerprint density at radius 3 is 2.34 bits per heavy atom. The molecule has 1 aromatic rings. The molecular weight excluding hydrogens is 430 g/mol. The zero-order valence-corrected chi connectivity index (χ0v) is 22.3. The number of carboxylic acid groups (broad SMARTS) is 1. The van der Waals surface area contributed by atoms with Crippen LogP contribution in [0.1, 0.15) is 115 Å². The molecule has 0 bridgehead atoms. The highest BCUT2D eigenvalue weighted by atomic mass is 16.4. The van der Waals surface area contributed by atoms with Gasteiger partial charge in [-0.2, -0.15) is 0 Å². The fourth-order valence-corrected chi connectivity index (χ4v) is 7.72. The predicted octanol–water partition coefficient (Wildman–Crippen LogP) is 8.28. The molecule has 35 heavy (non-hydrogen) atoms. The Labute approximate surface area is 215 Å². The second-order valence-electron chi connectivity index (χ2n) is 11.4. The molecule has 2 aliphatic rings. The van der Waals surface area contributed by atoms with Crippen LogP contribution in [0, 0.1) is 23.7 Å². The van der Waals surface area contributed by atoms with E-state index in [1.54, 1.807) is 0 Å². The first-order valence-electron chi connectivity index (χ1n) is 14.7. The van der Waals surface area contributed by atoms with Crippen molar-refractivity contribution in [2.45, 2.75) is 115 Å². The maximum absolute atomic E-state index is 12.1. The summed E-state index contributed by atoms with van der Waals surface area (Å²) in [4.78, 5) is 12.1. The smallest absolute Gasteiger partial charge is 0.303 e. The number of aliphatic carboxylic acids is 1. The third-order valence-corrected chi connectivity index (χ3v) is 9.32. The number of hydrogen-bond acceptors (Lipinski definition) is 2. The monoisotopic (exact) mass is 481 g/mol. The van der Waals surface area contributed by atoms with E-state index in [2.05, 4.69) is 49.4 Å². The van der Waals surface area contributed by atoms with Crippen LogP contribution in [0.5, 0.6) is 0 Å². The largest absolute Gasteiger partial charge is 0.481 e. The van der Waals surface area contributed by atoms with Crippen LogP contribution in [0.2, 0.25) is 0 Å². The third-order valence-electron chi connectivity index (χ3n) is 9.32. The average molecular weight is 482 g/mol. The van der Waals surface area contributed by atoms with Gasteiger partial charge in [0.25, 0.3) is 0 Å². The van der Waals surface area contributed by atoms with E-state index in [1.807, 2.05) is 0 Å². The van der Waals surface area contributed by atoms with Gasteiger partial charge in [-0.3, -0.25) is 4.79 Å². The molecule has 1 aromatic carbocycles. The van der Waals surface area contributed by atoms with Crippen LogP contribution >= 0.6 is 0 Å². The van der Waals surface area contributed by atoms with Crippen molar-refractivity contribution in [2.75, 3.05) is 6.54 Å². The standard InChI is InChI=1S/C32H51NO2/c1-2-3-4-5-6-7-8-9-11-16-26-19-20-30(29(25-31(34)35)28(26)21-24-33)32(22-14-15-23-32)27-17-12-10-13-18-27/h7-8,10,12-13,17-18,26,28-30H,2-6,9,11,14-16,19-25,33H2,1H3,(H,34,35)/b8-7-/t26-,28+,29-,30+/m1/s1. The van der Waals surface area contributed by atoms with Gasteiger partial charge in [-0.25, -0.2) is 0 Å². The number of benzene rings is 1. The molecule has 196 valence electrons. The molecule has 4 atom stereocenters. The fraction of sp³-hybridized carbons (Fsp3) is 0.719. The molecule has 3 N–H and O–H groups in total. The van der Waals surface area contributed by atoms with Crippen LogP contribution in [0.15, 0.2) is 42.5 Å². The van der Waals surface area contributed by atoms with Crippen molar-refractivity contribution in [1.29, 1.82) is 0 Å². The lowest BCUT2D eigenvalue weighted by Crippen LogP contribution is -2.46. The van der Waals surface area contributed by atoms with E-state index in [9.17, 15) is 9.90 Å². The van der Waals surface area contributed by atoms with E-state index in [4.69, 9.17) is 5.73 Å². The molecule has 0 aliphatic heterocycles. The van der Waals surface area contributed by atoms with Gasteiger partial charge in [0, 0.05) is 6.42 Å². The lowest BCUT2D eigenvalue weighted by Gasteiger charge is -2.51. The van der Waals surface area contributed by atoms with Crippen molar-refractivity contribution in [1.82, 2.24) is 0 Å². The summed E-state index contributed by atoms with van der Waals surface area (Å²) >= 11 is 0. The Morgan fingerprint density at radius 1 is 0.971 bits per heavy atom. The van der Waals surface area contributed by atoms with Crippen LogP contribution in [-0.4, -0.2) is 17.6 Å². The first kappa shape index (κ1) is 28.0. The molecule has 0 unspecified atom stereocenters. The zero-order valence-electron chi connectivity index (χ0n) is 22.3. The van der Waals surface area contributed by atoms with E-state index in [-0.39, 0.29) is 11.3 Å². The Hall–Kier alpha value is -1.61. The fourth-order valence-electron chi connectivity index (χ4n) is 7.72. The minimum Gasteiger partial charge on any atom is -0.481 e.